The Morgan fingerprint density at radius 3 is 2.42 bits per heavy atom. The predicted octanol–water partition coefficient (Wildman–Crippen LogP) is 5.23. The van der Waals surface area contributed by atoms with Gasteiger partial charge in [-0.15, -0.1) is 0 Å². The summed E-state index contributed by atoms with van der Waals surface area (Å²) in [4.78, 5) is 0. The van der Waals surface area contributed by atoms with E-state index in [1.165, 1.54) is 31.2 Å². The van der Waals surface area contributed by atoms with Gasteiger partial charge >= 0.3 is 0 Å². The first kappa shape index (κ1) is 14.4. The van der Waals surface area contributed by atoms with Crippen LogP contribution in [-0.4, -0.2) is 6.10 Å². The highest BCUT2D eigenvalue weighted by Gasteiger charge is 2.24. The number of hydrogen-bond donors (Lipinski definition) is 0. The molecule has 0 aliphatic heterocycles. The normalized spacial score (nSPS) is 18.5. The van der Waals surface area contributed by atoms with Crippen LogP contribution in [-0.2, 0) is 6.42 Å². The van der Waals surface area contributed by atoms with E-state index in [1.54, 1.807) is 0 Å². The summed E-state index contributed by atoms with van der Waals surface area (Å²) in [5, 5.41) is 0. The highest BCUT2D eigenvalue weighted by atomic mass is 16.5. The van der Waals surface area contributed by atoms with E-state index in [9.17, 15) is 0 Å². The lowest BCUT2D eigenvalue weighted by Gasteiger charge is -2.25. The zero-order valence-corrected chi connectivity index (χ0v) is 12.9. The molecule has 0 aromatic heterocycles. The van der Waals surface area contributed by atoms with E-state index < -0.39 is 0 Å². The minimum absolute atomic E-state index is 0.302. The monoisotopic (exact) mass is 260 g/mol. The second-order valence-corrected chi connectivity index (χ2v) is 7.21. The smallest absolute Gasteiger partial charge is 0.122 e. The molecule has 0 spiro atoms. The van der Waals surface area contributed by atoms with E-state index in [1.807, 2.05) is 0 Å². The molecule has 1 fully saturated rings. The lowest BCUT2D eigenvalue weighted by atomic mass is 9.88. The number of benzene rings is 1. The summed E-state index contributed by atoms with van der Waals surface area (Å²) in [6, 6.07) is 8.55. The zero-order valence-electron chi connectivity index (χ0n) is 12.9. The molecular formula is C18H28O. The largest absolute Gasteiger partial charge is 0.490 e. The molecule has 1 aliphatic carbocycles. The minimum Gasteiger partial charge on any atom is -0.490 e. The third-order valence-corrected chi connectivity index (χ3v) is 4.07. The van der Waals surface area contributed by atoms with Gasteiger partial charge in [-0.3, -0.25) is 0 Å². The van der Waals surface area contributed by atoms with Crippen molar-refractivity contribution in [1.82, 2.24) is 0 Å². The van der Waals surface area contributed by atoms with Crippen molar-refractivity contribution < 1.29 is 4.74 Å². The summed E-state index contributed by atoms with van der Waals surface area (Å²) >= 11 is 0. The number of rotatable bonds is 4. The molecule has 1 aromatic rings. The second-order valence-electron chi connectivity index (χ2n) is 7.21. The fourth-order valence-corrected chi connectivity index (χ4v) is 3.06. The van der Waals surface area contributed by atoms with E-state index in [4.69, 9.17) is 4.74 Å². The van der Waals surface area contributed by atoms with Gasteiger partial charge in [-0.2, -0.15) is 0 Å². The lowest BCUT2D eigenvalue weighted by molar-refractivity contribution is 0.151. The summed E-state index contributed by atoms with van der Waals surface area (Å²) in [5.41, 5.74) is 1.65. The minimum atomic E-state index is 0.302. The summed E-state index contributed by atoms with van der Waals surface area (Å²) in [5.74, 6) is 1.85. The van der Waals surface area contributed by atoms with Crippen LogP contribution >= 0.6 is 0 Å². The molecule has 0 saturated heterocycles. The summed E-state index contributed by atoms with van der Waals surface area (Å²) in [7, 11) is 0. The van der Waals surface area contributed by atoms with Gasteiger partial charge in [0, 0.05) is 0 Å². The van der Waals surface area contributed by atoms with Crippen molar-refractivity contribution in [1.29, 1.82) is 0 Å². The second kappa shape index (κ2) is 5.98. The fraction of sp³-hybridized carbons (Fsp3) is 0.667. The average Bonchev–Trinajstić information content (AvgIpc) is 2.83. The molecule has 1 aromatic carbocycles. The van der Waals surface area contributed by atoms with Gasteiger partial charge in [-0.05, 0) is 49.1 Å². The molecule has 0 amide bonds. The Morgan fingerprint density at radius 2 is 1.79 bits per heavy atom. The Labute approximate surface area is 118 Å². The zero-order chi connectivity index (χ0) is 13.9. The van der Waals surface area contributed by atoms with Gasteiger partial charge in [0.1, 0.15) is 5.75 Å². The SMILES string of the molecule is CC(Oc1ccccc1CC(C)(C)C)C1CCCC1. The van der Waals surface area contributed by atoms with Crippen LogP contribution in [0.2, 0.25) is 0 Å². The molecule has 0 bridgehead atoms. The van der Waals surface area contributed by atoms with Crippen molar-refractivity contribution in [2.45, 2.75) is 65.9 Å². The van der Waals surface area contributed by atoms with Crippen molar-refractivity contribution in [2.75, 3.05) is 0 Å². The van der Waals surface area contributed by atoms with Crippen LogP contribution in [0.4, 0.5) is 0 Å². The van der Waals surface area contributed by atoms with Gasteiger partial charge in [0.25, 0.3) is 0 Å². The highest BCUT2D eigenvalue weighted by molar-refractivity contribution is 5.34. The van der Waals surface area contributed by atoms with Crippen LogP contribution < -0.4 is 4.74 Å². The van der Waals surface area contributed by atoms with Crippen molar-refractivity contribution >= 4 is 0 Å². The summed E-state index contributed by atoms with van der Waals surface area (Å²) < 4.78 is 6.28. The lowest BCUT2D eigenvalue weighted by Crippen LogP contribution is -2.22. The van der Waals surface area contributed by atoms with E-state index in [2.05, 4.69) is 52.0 Å². The Balaban J connectivity index is 2.06. The molecule has 0 heterocycles. The van der Waals surface area contributed by atoms with Gasteiger partial charge in [0.2, 0.25) is 0 Å². The van der Waals surface area contributed by atoms with Gasteiger partial charge in [-0.25, -0.2) is 0 Å². The highest BCUT2D eigenvalue weighted by Crippen LogP contribution is 2.32. The molecule has 2 rings (SSSR count). The molecule has 1 unspecified atom stereocenters. The molecule has 1 heteroatoms. The van der Waals surface area contributed by atoms with Gasteiger partial charge < -0.3 is 4.74 Å². The van der Waals surface area contributed by atoms with Crippen LogP contribution in [0.3, 0.4) is 0 Å². The van der Waals surface area contributed by atoms with Crippen LogP contribution in [0.25, 0.3) is 0 Å². The van der Waals surface area contributed by atoms with Crippen LogP contribution in [0.1, 0.15) is 58.9 Å². The molecule has 1 nitrogen and oxygen atoms in total. The van der Waals surface area contributed by atoms with Crippen LogP contribution in [0, 0.1) is 11.3 Å². The Kier molecular flexibility index (Phi) is 4.54. The Morgan fingerprint density at radius 1 is 1.16 bits per heavy atom. The molecule has 1 aliphatic rings. The molecule has 19 heavy (non-hydrogen) atoms. The maximum absolute atomic E-state index is 6.28. The number of ether oxygens (including phenoxy) is 1. The molecule has 0 radical (unpaired) electrons. The predicted molar refractivity (Wildman–Crippen MR) is 81.6 cm³/mol. The number of hydrogen-bond acceptors (Lipinski definition) is 1. The van der Waals surface area contributed by atoms with Crippen molar-refractivity contribution in [3.8, 4) is 5.75 Å². The third-order valence-electron chi connectivity index (χ3n) is 4.07. The van der Waals surface area contributed by atoms with E-state index >= 15 is 0 Å². The Hall–Kier alpha value is -0.980. The van der Waals surface area contributed by atoms with E-state index in [-0.39, 0.29) is 0 Å². The fourth-order valence-electron chi connectivity index (χ4n) is 3.06. The molecule has 1 atom stereocenters. The number of para-hydroxylation sites is 1. The van der Waals surface area contributed by atoms with E-state index in [0.717, 1.165) is 18.1 Å². The summed E-state index contributed by atoms with van der Waals surface area (Å²) in [6.45, 7) is 9.09. The third kappa shape index (κ3) is 4.26. The maximum atomic E-state index is 6.28. The molecule has 0 N–H and O–H groups in total. The first-order valence-electron chi connectivity index (χ1n) is 7.70. The van der Waals surface area contributed by atoms with Crippen molar-refractivity contribution in [2.24, 2.45) is 11.3 Å². The van der Waals surface area contributed by atoms with Gasteiger partial charge in [-0.1, -0.05) is 51.8 Å². The quantitative estimate of drug-likeness (QED) is 0.720. The first-order chi connectivity index (χ1) is 8.96. The molecule has 1 saturated carbocycles. The van der Waals surface area contributed by atoms with Gasteiger partial charge in [0.15, 0.2) is 0 Å². The van der Waals surface area contributed by atoms with Crippen molar-refractivity contribution in [3.63, 3.8) is 0 Å². The van der Waals surface area contributed by atoms with Crippen molar-refractivity contribution in [3.05, 3.63) is 29.8 Å². The van der Waals surface area contributed by atoms with E-state index in [0.29, 0.717) is 11.5 Å². The van der Waals surface area contributed by atoms with Crippen LogP contribution in [0.15, 0.2) is 24.3 Å². The summed E-state index contributed by atoms with van der Waals surface area (Å²) in [6.07, 6.45) is 6.85. The molecular weight excluding hydrogens is 232 g/mol. The molecule has 106 valence electrons. The maximum Gasteiger partial charge on any atom is 0.122 e. The first-order valence-corrected chi connectivity index (χ1v) is 7.70. The van der Waals surface area contributed by atoms with Crippen LogP contribution in [0.5, 0.6) is 5.75 Å². The average molecular weight is 260 g/mol. The standard InChI is InChI=1S/C18H28O/c1-14(15-9-5-6-10-15)19-17-12-8-7-11-16(17)13-18(2,3)4/h7-8,11-12,14-15H,5-6,9-10,13H2,1-4H3. The topological polar surface area (TPSA) is 9.23 Å². The van der Waals surface area contributed by atoms with Gasteiger partial charge in [0.05, 0.1) is 6.10 Å². The Bertz CT molecular complexity index is 396.